The van der Waals surface area contributed by atoms with Gasteiger partial charge in [0, 0.05) is 61.9 Å². The summed E-state index contributed by atoms with van der Waals surface area (Å²) < 4.78 is 6.12. The first-order valence-corrected chi connectivity index (χ1v) is 15.5. The Hall–Kier alpha value is -4.41. The van der Waals surface area contributed by atoms with E-state index >= 15 is 0 Å². The van der Waals surface area contributed by atoms with E-state index in [0.717, 1.165) is 0 Å². The van der Waals surface area contributed by atoms with E-state index in [1.165, 1.54) is 35.5 Å². The minimum absolute atomic E-state index is 0.00937. The molecular weight excluding hydrogens is 686 g/mol. The van der Waals surface area contributed by atoms with E-state index in [-0.39, 0.29) is 58.8 Å². The molecule has 2 aromatic heterocycles. The molecule has 2 saturated heterocycles. The predicted octanol–water partition coefficient (Wildman–Crippen LogP) is 3.82. The molecule has 0 spiro atoms. The first kappa shape index (κ1) is 33.0. The molecule has 0 unspecified atom stereocenters. The average molecular weight is 717 g/mol. The Kier molecular flexibility index (Phi) is 9.98. The second-order valence-corrected chi connectivity index (χ2v) is 12.3. The van der Waals surface area contributed by atoms with Crippen LogP contribution in [0, 0.1) is 10.1 Å². The van der Waals surface area contributed by atoms with Gasteiger partial charge in [-0.1, -0.05) is 15.9 Å². The van der Waals surface area contributed by atoms with Crippen molar-refractivity contribution in [3.63, 3.8) is 0 Å². The lowest BCUT2D eigenvalue weighted by Gasteiger charge is -2.35. The molecule has 0 saturated carbocycles. The van der Waals surface area contributed by atoms with E-state index in [4.69, 9.17) is 16.3 Å². The number of aromatic nitrogens is 3. The number of nitrogens with zero attached hydrogens (tertiary/aromatic N) is 6. The number of morpholine rings is 1. The minimum Gasteiger partial charge on any atom is -0.387 e. The van der Waals surface area contributed by atoms with Gasteiger partial charge in [0.05, 0.1) is 33.9 Å². The smallest absolute Gasteiger partial charge is 0.294 e. The lowest BCUT2D eigenvalue weighted by Crippen LogP contribution is -2.48. The highest BCUT2D eigenvalue weighted by molar-refractivity contribution is 9.10. The van der Waals surface area contributed by atoms with Crippen LogP contribution in [0.15, 0.2) is 47.3 Å². The molecule has 2 aliphatic heterocycles. The SMILES string of the molecule is CNc1cncc(C(=O)N2C[C@H](Nc3c(C(=O)N4C[C@@H](C)O[C@@H](C)C4)cc(Br)cc3[N+](=O)[O-])C[C@H]2C(=O)Nc2ccnc(Cl)n2)c1. The molecular formula is C29H31BrClN9O6. The van der Waals surface area contributed by atoms with Crippen LogP contribution in [0.1, 0.15) is 41.0 Å². The number of hydrogen-bond donors (Lipinski definition) is 3. The summed E-state index contributed by atoms with van der Waals surface area (Å²) in [4.78, 5) is 67.9. The summed E-state index contributed by atoms with van der Waals surface area (Å²) >= 11 is 9.21. The molecule has 0 aliphatic carbocycles. The molecule has 3 N–H and O–H groups in total. The molecule has 5 rings (SSSR count). The third-order valence-corrected chi connectivity index (χ3v) is 8.22. The van der Waals surface area contributed by atoms with Gasteiger partial charge in [-0.15, -0.1) is 0 Å². The van der Waals surface area contributed by atoms with E-state index in [1.807, 2.05) is 13.8 Å². The molecule has 17 heteroatoms. The van der Waals surface area contributed by atoms with Crippen LogP contribution in [0.3, 0.4) is 0 Å². The van der Waals surface area contributed by atoms with Crippen LogP contribution in [0.5, 0.6) is 0 Å². The third-order valence-electron chi connectivity index (χ3n) is 7.58. The van der Waals surface area contributed by atoms with E-state index in [9.17, 15) is 24.5 Å². The fourth-order valence-electron chi connectivity index (χ4n) is 5.66. The van der Waals surface area contributed by atoms with Crippen LogP contribution >= 0.6 is 27.5 Å². The number of nitro benzene ring substituents is 1. The van der Waals surface area contributed by atoms with E-state index in [2.05, 4.69) is 46.8 Å². The number of anilines is 3. The molecule has 3 aromatic rings. The Morgan fingerprint density at radius 3 is 2.52 bits per heavy atom. The predicted molar refractivity (Wildman–Crippen MR) is 173 cm³/mol. The van der Waals surface area contributed by atoms with Crippen molar-refractivity contribution in [2.75, 3.05) is 42.6 Å². The molecule has 4 atom stereocenters. The van der Waals surface area contributed by atoms with Gasteiger partial charge in [0.25, 0.3) is 17.5 Å². The number of nitrogens with one attached hydrogen (secondary N) is 3. The molecule has 1 aromatic carbocycles. The van der Waals surface area contributed by atoms with E-state index in [0.29, 0.717) is 23.2 Å². The van der Waals surface area contributed by atoms with Crippen LogP contribution in [0.4, 0.5) is 22.9 Å². The molecule has 15 nitrogen and oxygen atoms in total. The highest BCUT2D eigenvalue weighted by Gasteiger charge is 2.42. The van der Waals surface area contributed by atoms with E-state index in [1.54, 1.807) is 24.2 Å². The highest BCUT2D eigenvalue weighted by atomic mass is 79.9. The number of benzene rings is 1. The number of amides is 3. The zero-order valence-electron chi connectivity index (χ0n) is 25.1. The van der Waals surface area contributed by atoms with Gasteiger partial charge in [-0.25, -0.2) is 9.97 Å². The largest absolute Gasteiger partial charge is 0.387 e. The Labute approximate surface area is 277 Å². The van der Waals surface area contributed by atoms with Crippen LogP contribution in [0.25, 0.3) is 0 Å². The van der Waals surface area contributed by atoms with E-state index < -0.39 is 34.7 Å². The van der Waals surface area contributed by atoms with Crippen LogP contribution < -0.4 is 16.0 Å². The van der Waals surface area contributed by atoms with Gasteiger partial charge in [-0.2, -0.15) is 0 Å². The highest BCUT2D eigenvalue weighted by Crippen LogP contribution is 2.36. The van der Waals surface area contributed by atoms with Crippen molar-refractivity contribution < 1.29 is 24.0 Å². The van der Waals surface area contributed by atoms with Crippen LogP contribution in [0.2, 0.25) is 5.28 Å². The Morgan fingerprint density at radius 2 is 1.85 bits per heavy atom. The number of rotatable bonds is 8. The Bertz CT molecular complexity index is 1670. The number of halogens is 2. The van der Waals surface area contributed by atoms with Crippen LogP contribution in [-0.2, 0) is 9.53 Å². The third kappa shape index (κ3) is 7.35. The summed E-state index contributed by atoms with van der Waals surface area (Å²) in [6.45, 7) is 4.31. The number of likely N-dealkylation sites (tertiary alicyclic amines) is 1. The number of carbonyl (C=O) groups is 3. The normalized spacial score (nSPS) is 21.1. The summed E-state index contributed by atoms with van der Waals surface area (Å²) in [6.07, 6.45) is 3.94. The minimum atomic E-state index is -1.02. The maximum atomic E-state index is 13.9. The molecule has 4 heterocycles. The maximum Gasteiger partial charge on any atom is 0.294 e. The topological polar surface area (TPSA) is 185 Å². The second kappa shape index (κ2) is 13.9. The quantitative estimate of drug-likeness (QED) is 0.175. The number of carbonyl (C=O) groups excluding carboxylic acids is 3. The van der Waals surface area contributed by atoms with Crippen LogP contribution in [-0.4, -0.2) is 98.4 Å². The average Bonchev–Trinajstić information content (AvgIpc) is 3.44. The van der Waals surface area contributed by atoms with Crippen molar-refractivity contribution in [3.8, 4) is 0 Å². The van der Waals surface area contributed by atoms with Gasteiger partial charge in [-0.3, -0.25) is 29.5 Å². The zero-order chi connectivity index (χ0) is 33.1. The second-order valence-electron chi connectivity index (χ2n) is 11.0. The molecule has 0 radical (unpaired) electrons. The van der Waals surface area contributed by atoms with Crippen molar-refractivity contribution in [2.24, 2.45) is 0 Å². The fourth-order valence-corrected chi connectivity index (χ4v) is 6.26. The summed E-state index contributed by atoms with van der Waals surface area (Å²) in [5.41, 5.74) is 0.562. The monoisotopic (exact) mass is 715 g/mol. The molecule has 0 bridgehead atoms. The Balaban J connectivity index is 1.49. The van der Waals surface area contributed by atoms with Crippen molar-refractivity contribution in [2.45, 2.75) is 44.6 Å². The van der Waals surface area contributed by atoms with Crippen molar-refractivity contribution >= 4 is 68.1 Å². The molecule has 46 heavy (non-hydrogen) atoms. The fraction of sp³-hybridized carbons (Fsp3) is 0.379. The van der Waals surface area contributed by atoms with Gasteiger partial charge in [0.15, 0.2) is 0 Å². The Morgan fingerprint density at radius 1 is 1.11 bits per heavy atom. The first-order valence-electron chi connectivity index (χ1n) is 14.4. The molecule has 242 valence electrons. The van der Waals surface area contributed by atoms with Crippen molar-refractivity contribution in [1.82, 2.24) is 24.8 Å². The van der Waals surface area contributed by atoms with Crippen molar-refractivity contribution in [1.29, 1.82) is 0 Å². The summed E-state index contributed by atoms with van der Waals surface area (Å²) in [6, 6.07) is 4.21. The standard InChI is InChI=1S/C29H31BrClN9O6/c1-15-12-38(13-16(2)46-15)28(43)21-7-18(30)8-22(40(44)45)25(21)35-20-9-23(26(41)36-24-4-5-34-29(31)37-24)39(14-20)27(42)17-6-19(32-3)11-33-10-17/h4-8,10-11,15-16,20,23,32,35H,9,12-14H2,1-3H3,(H,34,36,37,41)/t15-,16+,20-,23+/m1/s1. The lowest BCUT2D eigenvalue weighted by atomic mass is 10.1. The van der Waals surface area contributed by atoms with Gasteiger partial charge < -0.3 is 30.5 Å². The molecule has 3 amide bonds. The molecule has 2 aliphatic rings. The summed E-state index contributed by atoms with van der Waals surface area (Å²) in [5, 5.41) is 21.0. The lowest BCUT2D eigenvalue weighted by molar-refractivity contribution is -0.384. The maximum absolute atomic E-state index is 13.9. The van der Waals surface area contributed by atoms with Gasteiger partial charge in [0.2, 0.25) is 11.2 Å². The summed E-state index contributed by atoms with van der Waals surface area (Å²) in [7, 11) is 1.69. The number of nitro groups is 1. The van der Waals surface area contributed by atoms with Gasteiger partial charge in [0.1, 0.15) is 17.5 Å². The number of pyridine rings is 1. The number of hydrogen-bond acceptors (Lipinski definition) is 11. The van der Waals surface area contributed by atoms with Gasteiger partial charge in [-0.05, 0) is 50.1 Å². The molecule has 2 fully saturated rings. The van der Waals surface area contributed by atoms with Gasteiger partial charge >= 0.3 is 0 Å². The first-order chi connectivity index (χ1) is 21.9. The van der Waals surface area contributed by atoms with Crippen molar-refractivity contribution in [3.05, 3.63) is 73.9 Å². The summed E-state index contributed by atoms with van der Waals surface area (Å²) in [5.74, 6) is -1.31. The zero-order valence-corrected chi connectivity index (χ0v) is 27.4. The number of ether oxygens (including phenoxy) is 1.